The summed E-state index contributed by atoms with van der Waals surface area (Å²) in [5, 5.41) is 2.99. The van der Waals surface area contributed by atoms with Crippen molar-refractivity contribution in [1.82, 2.24) is 5.32 Å². The SMILES string of the molecule is COc1ccc2c(c1)[C@H]1OCC(=O)N[C@@H]1CC2. The molecule has 1 saturated heterocycles. The summed E-state index contributed by atoms with van der Waals surface area (Å²) in [4.78, 5) is 11.3. The van der Waals surface area contributed by atoms with Crippen molar-refractivity contribution in [3.05, 3.63) is 29.3 Å². The lowest BCUT2D eigenvalue weighted by molar-refractivity contribution is -0.137. The van der Waals surface area contributed by atoms with Crippen LogP contribution in [0.4, 0.5) is 0 Å². The van der Waals surface area contributed by atoms with Crippen molar-refractivity contribution in [3.63, 3.8) is 0 Å². The van der Waals surface area contributed by atoms with E-state index in [4.69, 9.17) is 9.47 Å². The van der Waals surface area contributed by atoms with Gasteiger partial charge in [-0.05, 0) is 36.1 Å². The molecule has 0 aromatic heterocycles. The number of rotatable bonds is 1. The standard InChI is InChI=1S/C13H15NO3/c1-16-9-4-2-8-3-5-11-13(10(8)6-9)17-7-12(15)14-11/h2,4,6,11,13H,3,5,7H2,1H3,(H,14,15)/t11-,13-/m1/s1. The summed E-state index contributed by atoms with van der Waals surface area (Å²) in [6.07, 6.45) is 1.89. The highest BCUT2D eigenvalue weighted by molar-refractivity contribution is 5.78. The van der Waals surface area contributed by atoms with Crippen LogP contribution in [0.3, 0.4) is 0 Å². The van der Waals surface area contributed by atoms with E-state index in [0.717, 1.165) is 24.2 Å². The Morgan fingerprint density at radius 2 is 2.35 bits per heavy atom. The van der Waals surface area contributed by atoms with Crippen LogP contribution < -0.4 is 10.1 Å². The molecule has 3 rings (SSSR count). The number of morpholine rings is 1. The lowest BCUT2D eigenvalue weighted by Crippen LogP contribution is -2.49. The molecular weight excluding hydrogens is 218 g/mol. The molecule has 1 aromatic rings. The first kappa shape index (κ1) is 10.6. The van der Waals surface area contributed by atoms with E-state index in [1.165, 1.54) is 5.56 Å². The zero-order chi connectivity index (χ0) is 11.8. The smallest absolute Gasteiger partial charge is 0.246 e. The molecular formula is C13H15NO3. The number of methoxy groups -OCH3 is 1. The van der Waals surface area contributed by atoms with E-state index in [2.05, 4.69) is 11.4 Å². The molecule has 1 fully saturated rings. The van der Waals surface area contributed by atoms with E-state index in [9.17, 15) is 4.79 Å². The molecule has 1 aromatic carbocycles. The summed E-state index contributed by atoms with van der Waals surface area (Å²) in [5.74, 6) is 0.822. The van der Waals surface area contributed by atoms with E-state index >= 15 is 0 Å². The quantitative estimate of drug-likeness (QED) is 0.792. The first-order valence-corrected chi connectivity index (χ1v) is 5.85. The number of ether oxygens (including phenoxy) is 2. The first-order valence-electron chi connectivity index (χ1n) is 5.85. The number of hydrogen-bond acceptors (Lipinski definition) is 3. The molecule has 4 nitrogen and oxygen atoms in total. The molecule has 2 atom stereocenters. The van der Waals surface area contributed by atoms with Gasteiger partial charge in [-0.1, -0.05) is 6.07 Å². The average molecular weight is 233 g/mol. The molecule has 2 aliphatic rings. The van der Waals surface area contributed by atoms with Gasteiger partial charge in [-0.25, -0.2) is 0 Å². The Morgan fingerprint density at radius 3 is 3.18 bits per heavy atom. The minimum atomic E-state index is -0.0217. The van der Waals surface area contributed by atoms with Crippen molar-refractivity contribution in [1.29, 1.82) is 0 Å². The molecule has 0 saturated carbocycles. The number of benzene rings is 1. The maximum absolute atomic E-state index is 11.3. The maximum atomic E-state index is 11.3. The van der Waals surface area contributed by atoms with Crippen LogP contribution >= 0.6 is 0 Å². The van der Waals surface area contributed by atoms with Gasteiger partial charge in [0, 0.05) is 0 Å². The Labute approximate surface area is 99.9 Å². The molecule has 17 heavy (non-hydrogen) atoms. The highest BCUT2D eigenvalue weighted by atomic mass is 16.5. The fourth-order valence-corrected chi connectivity index (χ4v) is 2.64. The summed E-state index contributed by atoms with van der Waals surface area (Å²) in [6, 6.07) is 6.19. The highest BCUT2D eigenvalue weighted by Crippen LogP contribution is 2.36. The molecule has 0 bridgehead atoms. The van der Waals surface area contributed by atoms with Crippen LogP contribution in [-0.2, 0) is 16.0 Å². The van der Waals surface area contributed by atoms with E-state index in [-0.39, 0.29) is 24.7 Å². The Bertz CT molecular complexity index is 458. The van der Waals surface area contributed by atoms with Gasteiger partial charge in [-0.3, -0.25) is 4.79 Å². The fourth-order valence-electron chi connectivity index (χ4n) is 2.64. The van der Waals surface area contributed by atoms with Gasteiger partial charge in [0.15, 0.2) is 0 Å². The Hall–Kier alpha value is -1.55. The Kier molecular flexibility index (Phi) is 2.52. The fraction of sp³-hybridized carbons (Fsp3) is 0.462. The second kappa shape index (κ2) is 4.04. The monoisotopic (exact) mass is 233 g/mol. The number of hydrogen-bond donors (Lipinski definition) is 1. The van der Waals surface area contributed by atoms with Gasteiger partial charge < -0.3 is 14.8 Å². The van der Waals surface area contributed by atoms with E-state index < -0.39 is 0 Å². The van der Waals surface area contributed by atoms with Crippen LogP contribution in [0.15, 0.2) is 18.2 Å². The normalized spacial score (nSPS) is 26.8. The molecule has 4 heteroatoms. The van der Waals surface area contributed by atoms with Gasteiger partial charge in [-0.15, -0.1) is 0 Å². The minimum absolute atomic E-state index is 0.0161. The van der Waals surface area contributed by atoms with Crippen LogP contribution in [0.2, 0.25) is 0 Å². The van der Waals surface area contributed by atoms with Crippen LogP contribution in [0.1, 0.15) is 23.7 Å². The van der Waals surface area contributed by atoms with E-state index in [0.29, 0.717) is 0 Å². The summed E-state index contributed by atoms with van der Waals surface area (Å²) in [6.45, 7) is 0.151. The van der Waals surface area contributed by atoms with Crippen molar-refractivity contribution >= 4 is 5.91 Å². The third-order valence-electron chi connectivity index (χ3n) is 3.49. The lowest BCUT2D eigenvalue weighted by Gasteiger charge is -2.37. The zero-order valence-electron chi connectivity index (χ0n) is 9.73. The van der Waals surface area contributed by atoms with E-state index in [1.54, 1.807) is 7.11 Å². The van der Waals surface area contributed by atoms with Crippen molar-refractivity contribution in [2.45, 2.75) is 25.0 Å². The number of aryl methyl sites for hydroxylation is 1. The van der Waals surface area contributed by atoms with Crippen molar-refractivity contribution in [2.75, 3.05) is 13.7 Å². The summed E-state index contributed by atoms with van der Waals surface area (Å²) < 4.78 is 10.9. The second-order valence-electron chi connectivity index (χ2n) is 4.51. The van der Waals surface area contributed by atoms with Crippen LogP contribution in [0.25, 0.3) is 0 Å². The van der Waals surface area contributed by atoms with Crippen LogP contribution in [0.5, 0.6) is 5.75 Å². The molecule has 0 spiro atoms. The molecule has 1 N–H and O–H groups in total. The Balaban J connectivity index is 1.97. The first-order chi connectivity index (χ1) is 8.28. The average Bonchev–Trinajstić information content (AvgIpc) is 2.37. The van der Waals surface area contributed by atoms with Crippen molar-refractivity contribution in [3.8, 4) is 5.75 Å². The second-order valence-corrected chi connectivity index (χ2v) is 4.51. The number of carbonyl (C=O) groups is 1. The molecule has 0 radical (unpaired) electrons. The number of carbonyl (C=O) groups excluding carboxylic acids is 1. The molecule has 1 amide bonds. The summed E-state index contributed by atoms with van der Waals surface area (Å²) >= 11 is 0. The van der Waals surface area contributed by atoms with Crippen molar-refractivity contribution in [2.24, 2.45) is 0 Å². The predicted molar refractivity (Wildman–Crippen MR) is 61.9 cm³/mol. The van der Waals surface area contributed by atoms with Gasteiger partial charge >= 0.3 is 0 Å². The number of fused-ring (bicyclic) bond motifs is 3. The zero-order valence-corrected chi connectivity index (χ0v) is 9.73. The topological polar surface area (TPSA) is 47.6 Å². The van der Waals surface area contributed by atoms with Crippen LogP contribution in [-0.4, -0.2) is 25.7 Å². The third kappa shape index (κ3) is 1.78. The van der Waals surface area contributed by atoms with E-state index in [1.807, 2.05) is 12.1 Å². The number of nitrogens with one attached hydrogen (secondary N) is 1. The van der Waals surface area contributed by atoms with Gasteiger partial charge in [0.2, 0.25) is 5.91 Å². The predicted octanol–water partition coefficient (Wildman–Crippen LogP) is 1.20. The minimum Gasteiger partial charge on any atom is -0.497 e. The van der Waals surface area contributed by atoms with Gasteiger partial charge in [-0.2, -0.15) is 0 Å². The largest absolute Gasteiger partial charge is 0.497 e. The molecule has 90 valence electrons. The molecule has 1 aliphatic heterocycles. The van der Waals surface area contributed by atoms with Crippen LogP contribution in [0, 0.1) is 0 Å². The maximum Gasteiger partial charge on any atom is 0.246 e. The summed E-state index contributed by atoms with van der Waals surface area (Å²) in [5.41, 5.74) is 2.45. The Morgan fingerprint density at radius 1 is 1.47 bits per heavy atom. The highest BCUT2D eigenvalue weighted by Gasteiger charge is 2.35. The molecule has 1 heterocycles. The van der Waals surface area contributed by atoms with Gasteiger partial charge in [0.1, 0.15) is 18.5 Å². The van der Waals surface area contributed by atoms with Gasteiger partial charge in [0.25, 0.3) is 0 Å². The number of amides is 1. The van der Waals surface area contributed by atoms with Gasteiger partial charge in [0.05, 0.1) is 13.2 Å². The van der Waals surface area contributed by atoms with Crippen molar-refractivity contribution < 1.29 is 14.3 Å². The molecule has 1 aliphatic carbocycles. The summed E-state index contributed by atoms with van der Waals surface area (Å²) in [7, 11) is 1.66. The lowest BCUT2D eigenvalue weighted by atomic mass is 9.85. The third-order valence-corrected chi connectivity index (χ3v) is 3.49. The molecule has 0 unspecified atom stereocenters.